The first kappa shape index (κ1) is 23.2. The second-order valence-corrected chi connectivity index (χ2v) is 7.19. The van der Waals surface area contributed by atoms with Gasteiger partial charge >= 0.3 is 7.82 Å². The molecule has 9 heteroatoms. The lowest BCUT2D eigenvalue weighted by Gasteiger charge is -2.16. The molecule has 0 aromatic carbocycles. The highest BCUT2D eigenvalue weighted by Gasteiger charge is 2.27. The van der Waals surface area contributed by atoms with Crippen LogP contribution in [-0.4, -0.2) is 39.6 Å². The van der Waals surface area contributed by atoms with Gasteiger partial charge in [-0.3, -0.25) is 9.05 Å². The van der Waals surface area contributed by atoms with E-state index in [4.69, 9.17) is 46.2 Å². The van der Waals surface area contributed by atoms with Crippen LogP contribution in [0.5, 0.6) is 0 Å². The lowest BCUT2D eigenvalue weighted by molar-refractivity contribution is 0.0551. The van der Waals surface area contributed by atoms with Crippen molar-refractivity contribution in [1.29, 1.82) is 0 Å². The molecule has 0 amide bonds. The van der Waals surface area contributed by atoms with Crippen LogP contribution in [0.2, 0.25) is 0 Å². The van der Waals surface area contributed by atoms with Gasteiger partial charge in [-0.05, 0) is 12.8 Å². The molecule has 0 N–H and O–H groups in total. The minimum absolute atomic E-state index is 0.0748. The highest BCUT2D eigenvalue weighted by Crippen LogP contribution is 2.50. The molecule has 23 heavy (non-hydrogen) atoms. The Kier molecular flexibility index (Phi) is 15.8. The Labute approximate surface area is 149 Å². The predicted molar refractivity (Wildman–Crippen MR) is 91.8 cm³/mol. The summed E-state index contributed by atoms with van der Waals surface area (Å²) in [6, 6.07) is 0. The Hall–Kier alpha value is 0.190. The van der Waals surface area contributed by atoms with E-state index in [-0.39, 0.29) is 17.7 Å². The largest absolute Gasteiger partial charge is 0.529 e. The number of phosphoric ester groups is 1. The summed E-state index contributed by atoms with van der Waals surface area (Å²) in [6.45, 7) is 6.14. The van der Waals surface area contributed by atoms with E-state index in [0.717, 1.165) is 31.9 Å². The average molecular weight is 393 g/mol. The van der Waals surface area contributed by atoms with Crippen molar-refractivity contribution in [3.63, 3.8) is 0 Å². The topological polar surface area (TPSA) is 63.2 Å². The van der Waals surface area contributed by atoms with Gasteiger partial charge in [0.05, 0.1) is 26.4 Å². The molecule has 0 aliphatic heterocycles. The summed E-state index contributed by atoms with van der Waals surface area (Å²) in [6.07, 6.45) is 4.93. The third-order valence-electron chi connectivity index (χ3n) is 2.51. The summed E-state index contributed by atoms with van der Waals surface area (Å²) in [7, 11) is -3.79. The van der Waals surface area contributed by atoms with Gasteiger partial charge in [-0.2, -0.15) is 0 Å². The van der Waals surface area contributed by atoms with E-state index < -0.39 is 7.82 Å². The molecular weight excluding hydrogens is 366 g/mol. The van der Waals surface area contributed by atoms with Crippen molar-refractivity contribution in [3.8, 4) is 0 Å². The molecule has 0 aromatic heterocycles. The molecule has 0 aromatic rings. The Morgan fingerprint density at radius 2 is 1.35 bits per heavy atom. The van der Waals surface area contributed by atoms with Crippen molar-refractivity contribution < 1.29 is 27.6 Å². The van der Waals surface area contributed by atoms with Crippen LogP contribution in [0.3, 0.4) is 0 Å². The van der Waals surface area contributed by atoms with Gasteiger partial charge < -0.3 is 14.0 Å². The Morgan fingerprint density at radius 1 is 0.870 bits per heavy atom. The highest BCUT2D eigenvalue weighted by molar-refractivity contribution is 7.48. The second-order valence-electron chi connectivity index (χ2n) is 4.56. The summed E-state index contributed by atoms with van der Waals surface area (Å²) in [5, 5.41) is 0. The zero-order valence-electron chi connectivity index (χ0n) is 13.8. The summed E-state index contributed by atoms with van der Waals surface area (Å²) in [5.74, 6) is 0. The molecule has 0 aliphatic carbocycles. The minimum Gasteiger partial charge on any atom is -0.409 e. The van der Waals surface area contributed by atoms with Crippen LogP contribution >= 0.6 is 31.0 Å². The van der Waals surface area contributed by atoms with Gasteiger partial charge in [0.1, 0.15) is 10.8 Å². The summed E-state index contributed by atoms with van der Waals surface area (Å²) >= 11 is 10.9. The molecule has 0 atom stereocenters. The van der Waals surface area contributed by atoms with Crippen LogP contribution in [-0.2, 0) is 27.6 Å². The van der Waals surface area contributed by atoms with Crippen molar-refractivity contribution in [2.45, 2.75) is 39.5 Å². The fraction of sp³-hybridized carbons (Fsp3) is 0.857. The van der Waals surface area contributed by atoms with Crippen molar-refractivity contribution in [2.75, 3.05) is 39.6 Å². The third kappa shape index (κ3) is 15.5. The van der Waals surface area contributed by atoms with Crippen LogP contribution in [0.4, 0.5) is 0 Å². The quantitative estimate of drug-likeness (QED) is 0.208. The molecule has 0 saturated heterocycles. The Bertz CT molecular complexity index is 330. The van der Waals surface area contributed by atoms with Gasteiger partial charge in [0.2, 0.25) is 0 Å². The molecule has 0 saturated carbocycles. The molecule has 0 radical (unpaired) electrons. The lowest BCUT2D eigenvalue weighted by atomic mass is 10.4. The van der Waals surface area contributed by atoms with Crippen molar-refractivity contribution >= 4 is 31.0 Å². The number of phosphoric acid groups is 1. The monoisotopic (exact) mass is 392 g/mol. The minimum atomic E-state index is -3.79. The molecule has 0 rings (SSSR count). The molecule has 0 aliphatic rings. The molecule has 6 nitrogen and oxygen atoms in total. The average Bonchev–Trinajstić information content (AvgIpc) is 2.52. The number of unbranched alkanes of at least 4 members (excludes halogenated alkanes) is 2. The van der Waals surface area contributed by atoms with Crippen LogP contribution in [0.15, 0.2) is 10.8 Å². The molecule has 0 spiro atoms. The maximum absolute atomic E-state index is 12.4. The van der Waals surface area contributed by atoms with Gasteiger partial charge in [-0.15, -0.1) is 0 Å². The highest BCUT2D eigenvalue weighted by atomic mass is 35.5. The number of halogens is 2. The zero-order valence-corrected chi connectivity index (χ0v) is 16.2. The van der Waals surface area contributed by atoms with Gasteiger partial charge in [0, 0.05) is 13.2 Å². The number of rotatable bonds is 16. The standard InChI is InChI=1S/C14H27Cl2O6P/c1-3-5-7-18-9-11-20-23(17,22-13-14(15)16)21-12-10-19-8-6-4-2/h13H,3-12H2,1-2H3. The maximum Gasteiger partial charge on any atom is 0.529 e. The normalized spacial score (nSPS) is 11.5. The van der Waals surface area contributed by atoms with E-state index in [1.807, 2.05) is 0 Å². The van der Waals surface area contributed by atoms with Crippen molar-refractivity contribution in [3.05, 3.63) is 10.8 Å². The number of hydrogen-bond acceptors (Lipinski definition) is 6. The first-order valence-corrected chi connectivity index (χ1v) is 10.00. The maximum atomic E-state index is 12.4. The second kappa shape index (κ2) is 15.7. The van der Waals surface area contributed by atoms with Crippen LogP contribution in [0, 0.1) is 0 Å². The Balaban J connectivity index is 4.09. The fourth-order valence-electron chi connectivity index (χ4n) is 1.32. The van der Waals surface area contributed by atoms with Gasteiger partial charge in [-0.1, -0.05) is 49.9 Å². The number of hydrogen-bond donors (Lipinski definition) is 0. The summed E-state index contributed by atoms with van der Waals surface area (Å²) in [5.41, 5.74) is 0. The summed E-state index contributed by atoms with van der Waals surface area (Å²) in [4.78, 5) is 0. The van der Waals surface area contributed by atoms with Gasteiger partial charge in [-0.25, -0.2) is 4.57 Å². The van der Waals surface area contributed by atoms with Crippen LogP contribution in [0.25, 0.3) is 0 Å². The van der Waals surface area contributed by atoms with E-state index in [1.54, 1.807) is 0 Å². The third-order valence-corrected chi connectivity index (χ3v) is 4.05. The van der Waals surface area contributed by atoms with E-state index in [2.05, 4.69) is 13.8 Å². The first-order valence-electron chi connectivity index (χ1n) is 7.78. The van der Waals surface area contributed by atoms with E-state index >= 15 is 0 Å². The Morgan fingerprint density at radius 3 is 1.74 bits per heavy atom. The molecule has 0 heterocycles. The van der Waals surface area contributed by atoms with Gasteiger partial charge in [0.25, 0.3) is 0 Å². The van der Waals surface area contributed by atoms with E-state index in [0.29, 0.717) is 26.4 Å². The SMILES string of the molecule is CCCCOCCOP(=O)(OC=C(Cl)Cl)OCCOCCCC. The van der Waals surface area contributed by atoms with Crippen molar-refractivity contribution in [1.82, 2.24) is 0 Å². The zero-order chi connectivity index (χ0) is 17.4. The predicted octanol–water partition coefficient (Wildman–Crippen LogP) is 5.05. The molecule has 0 bridgehead atoms. The van der Waals surface area contributed by atoms with E-state index in [1.165, 1.54) is 0 Å². The lowest BCUT2D eigenvalue weighted by Crippen LogP contribution is -2.09. The van der Waals surface area contributed by atoms with Crippen LogP contribution in [0.1, 0.15) is 39.5 Å². The van der Waals surface area contributed by atoms with Crippen LogP contribution < -0.4 is 0 Å². The smallest absolute Gasteiger partial charge is 0.409 e. The molecule has 0 fully saturated rings. The number of ether oxygens (including phenoxy) is 2. The first-order chi connectivity index (χ1) is 11.0. The van der Waals surface area contributed by atoms with E-state index in [9.17, 15) is 4.57 Å². The summed E-state index contributed by atoms with van der Waals surface area (Å²) < 4.78 is 38.0. The molecule has 0 unspecified atom stereocenters. The molecular formula is C14H27Cl2O6P. The van der Waals surface area contributed by atoms with Gasteiger partial charge in [0.15, 0.2) is 0 Å². The molecule has 138 valence electrons. The fourth-order valence-corrected chi connectivity index (χ4v) is 2.56. The van der Waals surface area contributed by atoms with Crippen molar-refractivity contribution in [2.24, 2.45) is 0 Å².